The van der Waals surface area contributed by atoms with Gasteiger partial charge in [0.15, 0.2) is 6.23 Å². The molecule has 1 fully saturated rings. The maximum absolute atomic E-state index is 11.4. The summed E-state index contributed by atoms with van der Waals surface area (Å²) in [6.07, 6.45) is -0.0910. The van der Waals surface area contributed by atoms with E-state index in [4.69, 9.17) is 4.74 Å². The summed E-state index contributed by atoms with van der Waals surface area (Å²) in [4.78, 5) is 13.5. The van der Waals surface area contributed by atoms with Crippen LogP contribution in [0.4, 0.5) is 0 Å². The number of hydrogen-bond acceptors (Lipinski definition) is 3. The van der Waals surface area contributed by atoms with Crippen LogP contribution in [0.2, 0.25) is 0 Å². The number of carbonyl (C=O) groups is 1. The highest BCUT2D eigenvalue weighted by atomic mass is 16.6. The Hall–Kier alpha value is -0.570. The Morgan fingerprint density at radius 1 is 1.36 bits per heavy atom. The van der Waals surface area contributed by atoms with Crippen molar-refractivity contribution >= 4 is 5.97 Å². The molecule has 0 spiro atoms. The number of rotatable bonds is 1. The first-order valence-corrected chi connectivity index (χ1v) is 5.23. The maximum atomic E-state index is 11.4. The van der Waals surface area contributed by atoms with Gasteiger partial charge < -0.3 is 4.74 Å². The molecule has 0 aromatic carbocycles. The van der Waals surface area contributed by atoms with Crippen LogP contribution in [0.5, 0.6) is 0 Å². The van der Waals surface area contributed by atoms with Gasteiger partial charge in [-0.05, 0) is 26.2 Å². The Morgan fingerprint density at radius 3 is 2.14 bits per heavy atom. The fraction of sp³-hybridized carbons (Fsp3) is 0.909. The highest BCUT2D eigenvalue weighted by molar-refractivity contribution is 5.77. The molecule has 1 aliphatic heterocycles. The molecule has 3 heteroatoms. The molecular formula is C11H21NO2. The van der Waals surface area contributed by atoms with Crippen molar-refractivity contribution in [1.29, 1.82) is 0 Å². The molecule has 0 bridgehead atoms. The van der Waals surface area contributed by atoms with Crippen LogP contribution in [0.15, 0.2) is 0 Å². The monoisotopic (exact) mass is 199 g/mol. The largest absolute Gasteiger partial charge is 0.445 e. The number of carbonyl (C=O) groups excluding carboxylic acids is 1. The van der Waals surface area contributed by atoms with Crippen molar-refractivity contribution in [2.75, 3.05) is 0 Å². The van der Waals surface area contributed by atoms with Gasteiger partial charge in [-0.25, -0.2) is 0 Å². The van der Waals surface area contributed by atoms with E-state index in [0.717, 1.165) is 0 Å². The van der Waals surface area contributed by atoms with E-state index in [9.17, 15) is 4.79 Å². The predicted molar refractivity (Wildman–Crippen MR) is 55.8 cm³/mol. The van der Waals surface area contributed by atoms with Crippen molar-refractivity contribution < 1.29 is 9.53 Å². The highest BCUT2D eigenvalue weighted by Crippen LogP contribution is 2.30. The Morgan fingerprint density at radius 2 is 1.86 bits per heavy atom. The van der Waals surface area contributed by atoms with E-state index in [0.29, 0.717) is 6.04 Å². The lowest BCUT2D eigenvalue weighted by Gasteiger charge is -2.37. The SMILES string of the molecule is CC1OC(=O)[C@H](C)N1[C@H](C)C(C)(C)C. The third kappa shape index (κ3) is 1.92. The van der Waals surface area contributed by atoms with Crippen molar-refractivity contribution in [2.24, 2.45) is 5.41 Å². The molecule has 0 aromatic heterocycles. The molecule has 82 valence electrons. The van der Waals surface area contributed by atoms with Crippen molar-refractivity contribution in [3.63, 3.8) is 0 Å². The number of esters is 1. The van der Waals surface area contributed by atoms with E-state index in [1.807, 2.05) is 13.8 Å². The zero-order valence-corrected chi connectivity index (χ0v) is 10.00. The van der Waals surface area contributed by atoms with Gasteiger partial charge in [-0.1, -0.05) is 20.8 Å². The molecule has 1 rings (SSSR count). The Bertz CT molecular complexity index is 232. The number of hydrogen-bond donors (Lipinski definition) is 0. The van der Waals surface area contributed by atoms with E-state index in [1.54, 1.807) is 0 Å². The van der Waals surface area contributed by atoms with Gasteiger partial charge in [-0.15, -0.1) is 0 Å². The second-order valence-corrected chi connectivity index (χ2v) is 5.20. The Balaban J connectivity index is 2.82. The lowest BCUT2D eigenvalue weighted by Crippen LogP contribution is -2.47. The zero-order valence-electron chi connectivity index (χ0n) is 10.00. The Labute approximate surface area is 86.4 Å². The van der Waals surface area contributed by atoms with Gasteiger partial charge in [0.05, 0.1) is 0 Å². The van der Waals surface area contributed by atoms with E-state index in [-0.39, 0.29) is 23.7 Å². The molecule has 0 saturated carbocycles. The molecular weight excluding hydrogens is 178 g/mol. The molecule has 0 amide bonds. The summed E-state index contributed by atoms with van der Waals surface area (Å²) in [7, 11) is 0. The summed E-state index contributed by atoms with van der Waals surface area (Å²) in [5, 5.41) is 0. The first kappa shape index (κ1) is 11.5. The van der Waals surface area contributed by atoms with E-state index < -0.39 is 0 Å². The van der Waals surface area contributed by atoms with Crippen LogP contribution in [-0.4, -0.2) is 29.2 Å². The topological polar surface area (TPSA) is 29.5 Å². The zero-order chi connectivity index (χ0) is 11.1. The maximum Gasteiger partial charge on any atom is 0.324 e. The van der Waals surface area contributed by atoms with Crippen LogP contribution in [0.3, 0.4) is 0 Å². The van der Waals surface area contributed by atoms with Gasteiger partial charge in [-0.2, -0.15) is 0 Å². The Kier molecular flexibility index (Phi) is 2.91. The van der Waals surface area contributed by atoms with Crippen molar-refractivity contribution in [3.05, 3.63) is 0 Å². The normalized spacial score (nSPS) is 31.7. The lowest BCUT2D eigenvalue weighted by atomic mass is 9.86. The standard InChI is InChI=1S/C11H21NO2/c1-7-10(13)14-9(3)12(7)8(2)11(4,5)6/h7-9H,1-6H3/t7-,8+,9?/m0/s1. The minimum absolute atomic E-state index is 0.0910. The minimum Gasteiger partial charge on any atom is -0.445 e. The molecule has 1 saturated heterocycles. The molecule has 1 aliphatic rings. The molecule has 0 N–H and O–H groups in total. The van der Waals surface area contributed by atoms with Crippen molar-refractivity contribution in [2.45, 2.75) is 59.9 Å². The van der Waals surface area contributed by atoms with Gasteiger partial charge in [0.2, 0.25) is 0 Å². The van der Waals surface area contributed by atoms with Gasteiger partial charge >= 0.3 is 5.97 Å². The smallest absolute Gasteiger partial charge is 0.324 e. The lowest BCUT2D eigenvalue weighted by molar-refractivity contribution is -0.141. The summed E-state index contributed by atoms with van der Waals surface area (Å²) in [5.41, 5.74) is 0.163. The third-order valence-corrected chi connectivity index (χ3v) is 3.20. The summed E-state index contributed by atoms with van der Waals surface area (Å²) in [6, 6.07) is 0.221. The van der Waals surface area contributed by atoms with E-state index in [2.05, 4.69) is 32.6 Å². The van der Waals surface area contributed by atoms with Crippen LogP contribution < -0.4 is 0 Å². The second-order valence-electron chi connectivity index (χ2n) is 5.20. The van der Waals surface area contributed by atoms with Crippen molar-refractivity contribution in [1.82, 2.24) is 4.90 Å². The molecule has 3 nitrogen and oxygen atoms in total. The average molecular weight is 199 g/mol. The molecule has 0 radical (unpaired) electrons. The average Bonchev–Trinajstić information content (AvgIpc) is 2.24. The quantitative estimate of drug-likeness (QED) is 0.605. The van der Waals surface area contributed by atoms with E-state index in [1.165, 1.54) is 0 Å². The van der Waals surface area contributed by atoms with E-state index >= 15 is 0 Å². The molecule has 1 heterocycles. The molecule has 3 atom stereocenters. The molecule has 1 unspecified atom stereocenters. The van der Waals surface area contributed by atoms with Crippen LogP contribution in [0.25, 0.3) is 0 Å². The fourth-order valence-corrected chi connectivity index (χ4v) is 1.86. The van der Waals surface area contributed by atoms with Crippen LogP contribution >= 0.6 is 0 Å². The molecule has 14 heavy (non-hydrogen) atoms. The minimum atomic E-state index is -0.112. The van der Waals surface area contributed by atoms with Crippen LogP contribution in [0.1, 0.15) is 41.5 Å². The number of ether oxygens (including phenoxy) is 1. The predicted octanol–water partition coefficient (Wildman–Crippen LogP) is 2.01. The summed E-state index contributed by atoms with van der Waals surface area (Å²) >= 11 is 0. The number of cyclic esters (lactones) is 1. The first-order chi connectivity index (χ1) is 6.25. The molecule has 0 aromatic rings. The first-order valence-electron chi connectivity index (χ1n) is 5.23. The van der Waals surface area contributed by atoms with Gasteiger partial charge in [0.25, 0.3) is 0 Å². The van der Waals surface area contributed by atoms with Crippen LogP contribution in [-0.2, 0) is 9.53 Å². The van der Waals surface area contributed by atoms with Crippen LogP contribution in [0, 0.1) is 5.41 Å². The van der Waals surface area contributed by atoms with Gasteiger partial charge in [0, 0.05) is 6.04 Å². The fourth-order valence-electron chi connectivity index (χ4n) is 1.86. The molecule has 0 aliphatic carbocycles. The van der Waals surface area contributed by atoms with Gasteiger partial charge in [-0.3, -0.25) is 9.69 Å². The van der Waals surface area contributed by atoms with Crippen molar-refractivity contribution in [3.8, 4) is 0 Å². The number of nitrogens with zero attached hydrogens (tertiary/aromatic N) is 1. The van der Waals surface area contributed by atoms with Gasteiger partial charge in [0.1, 0.15) is 6.04 Å². The second kappa shape index (κ2) is 3.54. The summed E-state index contributed by atoms with van der Waals surface area (Å²) in [5.74, 6) is -0.103. The third-order valence-electron chi connectivity index (χ3n) is 3.20. The summed E-state index contributed by atoms with van der Waals surface area (Å²) < 4.78 is 5.19. The summed E-state index contributed by atoms with van der Waals surface area (Å²) in [6.45, 7) is 12.5. The highest BCUT2D eigenvalue weighted by Gasteiger charge is 2.42.